The van der Waals surface area contributed by atoms with E-state index in [1.165, 1.54) is 6.07 Å². The molecule has 0 aromatic heterocycles. The molecule has 0 spiro atoms. The fourth-order valence-electron chi connectivity index (χ4n) is 2.92. The van der Waals surface area contributed by atoms with E-state index in [-0.39, 0.29) is 11.6 Å². The van der Waals surface area contributed by atoms with Crippen LogP contribution in [0, 0.1) is 6.92 Å². The van der Waals surface area contributed by atoms with Crippen molar-refractivity contribution in [2.75, 3.05) is 0 Å². The minimum Gasteiger partial charge on any atom is -0.423 e. The summed E-state index contributed by atoms with van der Waals surface area (Å²) < 4.78 is 10.7. The van der Waals surface area contributed by atoms with Crippen LogP contribution in [0.3, 0.4) is 0 Å². The normalized spacial score (nSPS) is 14.4. The van der Waals surface area contributed by atoms with E-state index in [9.17, 15) is 9.59 Å². The maximum Gasteiger partial charge on any atom is 0.363 e. The van der Waals surface area contributed by atoms with Crippen LogP contribution < -0.4 is 4.74 Å². The summed E-state index contributed by atoms with van der Waals surface area (Å²) in [5, 5.41) is 0.449. The summed E-state index contributed by atoms with van der Waals surface area (Å²) in [6.07, 6.45) is 1.59. The average molecular weight is 418 g/mol. The van der Waals surface area contributed by atoms with Gasteiger partial charge in [0.15, 0.2) is 5.70 Å². The van der Waals surface area contributed by atoms with Gasteiger partial charge >= 0.3 is 11.9 Å². The minimum absolute atomic E-state index is 0.171. The number of benzene rings is 3. The molecule has 0 unspecified atom stereocenters. The van der Waals surface area contributed by atoms with Gasteiger partial charge in [0.25, 0.3) is 0 Å². The lowest BCUT2D eigenvalue weighted by Crippen LogP contribution is -2.08. The molecule has 1 aliphatic rings. The number of ether oxygens (including phenoxy) is 2. The standard InChI is InChI=1S/C24H16ClNO4/c1-15-5-2-7-17(11-15)22-26-21(24(28)30-22)13-16-6-3-10-20(12-16)29-23(27)18-8-4-9-19(25)14-18/h2-14H,1H3/b21-13-. The molecule has 0 bridgehead atoms. The van der Waals surface area contributed by atoms with Crippen molar-refractivity contribution in [1.29, 1.82) is 0 Å². The Bertz CT molecular complexity index is 1210. The summed E-state index contributed by atoms with van der Waals surface area (Å²) in [4.78, 5) is 28.8. The molecular weight excluding hydrogens is 402 g/mol. The molecule has 0 amide bonds. The van der Waals surface area contributed by atoms with Crippen LogP contribution in [-0.4, -0.2) is 17.8 Å². The summed E-state index contributed by atoms with van der Waals surface area (Å²) in [7, 11) is 0. The van der Waals surface area contributed by atoms with Gasteiger partial charge in [0.1, 0.15) is 5.75 Å². The Kier molecular flexibility index (Phi) is 5.46. The highest BCUT2D eigenvalue weighted by Crippen LogP contribution is 2.22. The summed E-state index contributed by atoms with van der Waals surface area (Å²) in [5.74, 6) is -0.461. The molecule has 3 aromatic rings. The van der Waals surface area contributed by atoms with Gasteiger partial charge in [-0.3, -0.25) is 0 Å². The molecule has 1 heterocycles. The number of nitrogens with zero attached hydrogens (tertiary/aromatic N) is 1. The first-order valence-electron chi connectivity index (χ1n) is 9.15. The number of aliphatic imine (C=N–C) groups is 1. The van der Waals surface area contributed by atoms with Gasteiger partial charge in [-0.15, -0.1) is 0 Å². The molecular formula is C24H16ClNO4. The van der Waals surface area contributed by atoms with Gasteiger partial charge in [0.05, 0.1) is 5.56 Å². The average Bonchev–Trinajstić information content (AvgIpc) is 3.09. The molecule has 0 fully saturated rings. The van der Waals surface area contributed by atoms with Gasteiger partial charge < -0.3 is 9.47 Å². The van der Waals surface area contributed by atoms with Gasteiger partial charge in [-0.25, -0.2) is 14.6 Å². The van der Waals surface area contributed by atoms with Crippen LogP contribution in [0.15, 0.2) is 83.5 Å². The Labute approximate surface area is 178 Å². The summed E-state index contributed by atoms with van der Waals surface area (Å²) in [5.41, 5.74) is 2.93. The first-order chi connectivity index (χ1) is 14.5. The van der Waals surface area contributed by atoms with E-state index in [4.69, 9.17) is 21.1 Å². The smallest absolute Gasteiger partial charge is 0.363 e. The van der Waals surface area contributed by atoms with Gasteiger partial charge in [-0.1, -0.05) is 47.5 Å². The van der Waals surface area contributed by atoms with Crippen molar-refractivity contribution in [3.63, 3.8) is 0 Å². The van der Waals surface area contributed by atoms with E-state index >= 15 is 0 Å². The highest BCUT2D eigenvalue weighted by atomic mass is 35.5. The molecule has 5 nitrogen and oxygen atoms in total. The molecule has 3 aromatic carbocycles. The predicted molar refractivity (Wildman–Crippen MR) is 115 cm³/mol. The fourth-order valence-corrected chi connectivity index (χ4v) is 3.11. The highest BCUT2D eigenvalue weighted by Gasteiger charge is 2.24. The zero-order valence-corrected chi connectivity index (χ0v) is 16.7. The summed E-state index contributed by atoms with van der Waals surface area (Å²) >= 11 is 5.92. The van der Waals surface area contributed by atoms with Crippen molar-refractivity contribution in [3.8, 4) is 5.75 Å². The lowest BCUT2D eigenvalue weighted by Gasteiger charge is -2.05. The van der Waals surface area contributed by atoms with Crippen LogP contribution in [0.5, 0.6) is 5.75 Å². The number of carbonyl (C=O) groups is 2. The van der Waals surface area contributed by atoms with Gasteiger partial charge in [-0.05, 0) is 61.0 Å². The van der Waals surface area contributed by atoms with Gasteiger partial charge in [0, 0.05) is 10.6 Å². The monoisotopic (exact) mass is 417 g/mol. The Morgan fingerprint density at radius 2 is 1.83 bits per heavy atom. The van der Waals surface area contributed by atoms with Crippen molar-refractivity contribution in [1.82, 2.24) is 0 Å². The second-order valence-corrected chi connectivity index (χ2v) is 7.11. The number of halogens is 1. The Morgan fingerprint density at radius 1 is 1.03 bits per heavy atom. The third kappa shape index (κ3) is 4.47. The van der Waals surface area contributed by atoms with Crippen LogP contribution in [0.4, 0.5) is 0 Å². The number of carbonyl (C=O) groups excluding carboxylic acids is 2. The second kappa shape index (κ2) is 8.35. The lowest BCUT2D eigenvalue weighted by atomic mass is 10.1. The van der Waals surface area contributed by atoms with E-state index in [1.807, 2.05) is 31.2 Å². The van der Waals surface area contributed by atoms with Crippen LogP contribution in [0.1, 0.15) is 27.0 Å². The van der Waals surface area contributed by atoms with E-state index in [0.29, 0.717) is 21.9 Å². The largest absolute Gasteiger partial charge is 0.423 e. The van der Waals surface area contributed by atoms with E-state index < -0.39 is 11.9 Å². The Morgan fingerprint density at radius 3 is 2.63 bits per heavy atom. The maximum absolute atomic E-state index is 12.3. The van der Waals surface area contributed by atoms with Crippen molar-refractivity contribution >= 4 is 35.5 Å². The number of esters is 2. The zero-order chi connectivity index (χ0) is 21.1. The third-order valence-corrected chi connectivity index (χ3v) is 4.55. The quantitative estimate of drug-likeness (QED) is 0.332. The van der Waals surface area contributed by atoms with Gasteiger partial charge in [0.2, 0.25) is 5.90 Å². The Hall–Kier alpha value is -3.70. The second-order valence-electron chi connectivity index (χ2n) is 6.68. The summed E-state index contributed by atoms with van der Waals surface area (Å²) in [6, 6.07) is 20.9. The van der Waals surface area contributed by atoms with E-state index in [0.717, 1.165) is 11.1 Å². The highest BCUT2D eigenvalue weighted by molar-refractivity contribution is 6.30. The number of aryl methyl sites for hydroxylation is 1. The SMILES string of the molecule is Cc1cccc(C2=N/C(=C\c3cccc(OC(=O)c4cccc(Cl)c4)c3)C(=O)O2)c1. The van der Waals surface area contributed by atoms with Crippen LogP contribution in [0.2, 0.25) is 5.02 Å². The van der Waals surface area contributed by atoms with Crippen molar-refractivity contribution in [2.24, 2.45) is 4.99 Å². The maximum atomic E-state index is 12.3. The zero-order valence-electron chi connectivity index (χ0n) is 16.0. The molecule has 0 atom stereocenters. The molecule has 0 radical (unpaired) electrons. The van der Waals surface area contributed by atoms with Crippen molar-refractivity contribution in [3.05, 3.63) is 106 Å². The number of hydrogen-bond acceptors (Lipinski definition) is 5. The van der Waals surface area contributed by atoms with Gasteiger partial charge in [-0.2, -0.15) is 0 Å². The van der Waals surface area contributed by atoms with Crippen molar-refractivity contribution in [2.45, 2.75) is 6.92 Å². The third-order valence-electron chi connectivity index (χ3n) is 4.32. The van der Waals surface area contributed by atoms with Crippen LogP contribution in [-0.2, 0) is 9.53 Å². The molecule has 1 aliphatic heterocycles. The molecule has 0 N–H and O–H groups in total. The van der Waals surface area contributed by atoms with E-state index in [2.05, 4.69) is 4.99 Å². The first kappa shape index (κ1) is 19.6. The number of cyclic esters (lactones) is 1. The van der Waals surface area contributed by atoms with Crippen LogP contribution >= 0.6 is 11.6 Å². The lowest BCUT2D eigenvalue weighted by molar-refractivity contribution is -0.129. The molecule has 0 saturated heterocycles. The summed E-state index contributed by atoms with van der Waals surface area (Å²) in [6.45, 7) is 1.95. The predicted octanol–water partition coefficient (Wildman–Crippen LogP) is 5.21. The molecule has 0 saturated carbocycles. The first-order valence-corrected chi connectivity index (χ1v) is 9.53. The topological polar surface area (TPSA) is 65.0 Å². The number of hydrogen-bond donors (Lipinski definition) is 0. The fraction of sp³-hybridized carbons (Fsp3) is 0.0417. The number of rotatable bonds is 4. The molecule has 6 heteroatoms. The molecule has 30 heavy (non-hydrogen) atoms. The Balaban J connectivity index is 1.56. The molecule has 148 valence electrons. The minimum atomic E-state index is -0.534. The van der Waals surface area contributed by atoms with Crippen LogP contribution in [0.25, 0.3) is 6.08 Å². The van der Waals surface area contributed by atoms with E-state index in [1.54, 1.807) is 48.5 Å². The van der Waals surface area contributed by atoms with Crippen molar-refractivity contribution < 1.29 is 19.1 Å². The molecule has 0 aliphatic carbocycles. The molecule has 4 rings (SSSR count).